The number of cyclic esters (lactones) is 1. The van der Waals surface area contributed by atoms with E-state index >= 15 is 0 Å². The Hall–Kier alpha value is -2.99. The summed E-state index contributed by atoms with van der Waals surface area (Å²) < 4.78 is 23.3. The fourth-order valence-electron chi connectivity index (χ4n) is 8.06. The zero-order valence-corrected chi connectivity index (χ0v) is 37.7. The van der Waals surface area contributed by atoms with Crippen molar-refractivity contribution in [3.8, 4) is 0 Å². The van der Waals surface area contributed by atoms with E-state index in [1.165, 1.54) is 0 Å². The zero-order valence-electron chi connectivity index (χ0n) is 37.7. The van der Waals surface area contributed by atoms with Gasteiger partial charge in [0.2, 0.25) is 0 Å². The van der Waals surface area contributed by atoms with Crippen molar-refractivity contribution in [1.82, 2.24) is 0 Å². The van der Waals surface area contributed by atoms with Crippen molar-refractivity contribution >= 4 is 5.97 Å². The molecule has 19 atom stereocenters. The lowest BCUT2D eigenvalue weighted by Gasteiger charge is -2.47. The number of carbonyl (C=O) groups excluding carboxylic acids is 1. The molecule has 3 rings (SSSR count). The molecule has 3 aliphatic heterocycles. The van der Waals surface area contributed by atoms with Gasteiger partial charge >= 0.3 is 5.97 Å². The van der Waals surface area contributed by atoms with Crippen molar-refractivity contribution < 1.29 is 85.0 Å². The molecule has 18 heteroatoms. The maximum absolute atomic E-state index is 12.6. The Bertz CT molecular complexity index is 1620. The number of aliphatic hydroxyl groups excluding tert-OH is 10. The second-order valence-corrected chi connectivity index (χ2v) is 17.7. The summed E-state index contributed by atoms with van der Waals surface area (Å²) in [5.74, 6) is -5.13. The van der Waals surface area contributed by atoms with Crippen molar-refractivity contribution in [2.75, 3.05) is 0 Å². The number of hydrogen-bond donors (Lipinski definition) is 13. The molecule has 11 unspecified atom stereocenters. The average molecular weight is 926 g/mol. The van der Waals surface area contributed by atoms with E-state index < -0.39 is 147 Å². The summed E-state index contributed by atoms with van der Waals surface area (Å²) in [4.78, 5) is 12.6. The van der Waals surface area contributed by atoms with Crippen LogP contribution in [0.25, 0.3) is 0 Å². The third-order valence-corrected chi connectivity index (χ3v) is 12.1. The highest BCUT2D eigenvalue weighted by molar-refractivity contribution is 5.70. The van der Waals surface area contributed by atoms with E-state index in [4.69, 9.17) is 24.7 Å². The van der Waals surface area contributed by atoms with E-state index in [9.17, 15) is 66.1 Å². The summed E-state index contributed by atoms with van der Waals surface area (Å²) in [6.45, 7) is 6.76. The second kappa shape index (κ2) is 27.7. The molecule has 0 radical (unpaired) electrons. The van der Waals surface area contributed by atoms with Crippen LogP contribution in [0.2, 0.25) is 0 Å². The monoisotopic (exact) mass is 926 g/mol. The van der Waals surface area contributed by atoms with Crippen LogP contribution in [0.3, 0.4) is 0 Å². The standard InChI is InChI=1S/C47H75NO17/c1-27-17-15-13-11-9-7-5-6-8-10-12-14-16-18-34(64-46-44(58)41(48)43(57)30(4)63-46)24-38-40(45(59)60)37(54)26-47(61,65-38)25-33(51)22-36(53)35(52)20-19-31(49)21-32(50)23-39(55)62-29(3)28(2)42(27)56/h5-18,27-38,40-46,49-54,56-61H,19-26,48H2,1-4H3/b6-5+,9-7+,10-8+,13-11+,14-12+,17-15+,18-16+/t27-,28-,29-,30+,31?,32?,33?,34?,35?,36?,37-,38-,40?,41-,42?,43?,44-,46?,47?/m0/s1. The molecular formula is C47H75NO17. The Kier molecular flexibility index (Phi) is 24.0. The fraction of sp³-hybridized carbons (Fsp3) is 0.681. The molecule has 0 saturated carbocycles. The minimum Gasteiger partial charge on any atom is -0.462 e. The summed E-state index contributed by atoms with van der Waals surface area (Å²) in [6, 6.07) is -1.13. The topological polar surface area (TPSA) is 323 Å². The third kappa shape index (κ3) is 18.9. The van der Waals surface area contributed by atoms with Gasteiger partial charge in [-0.3, -0.25) is 4.79 Å². The fourth-order valence-corrected chi connectivity index (χ4v) is 8.06. The molecule has 0 aliphatic carbocycles. The van der Waals surface area contributed by atoms with E-state index in [-0.39, 0.29) is 31.6 Å². The van der Waals surface area contributed by atoms with Gasteiger partial charge in [-0.25, -0.2) is 0 Å². The van der Waals surface area contributed by atoms with E-state index in [0.717, 1.165) is 0 Å². The Morgan fingerprint density at radius 1 is 0.646 bits per heavy atom. The summed E-state index contributed by atoms with van der Waals surface area (Å²) in [5.41, 5.74) is 6.03. The van der Waals surface area contributed by atoms with Crippen LogP contribution in [0.5, 0.6) is 0 Å². The van der Waals surface area contributed by atoms with Crippen LogP contribution in [0.15, 0.2) is 85.1 Å². The van der Waals surface area contributed by atoms with Crippen molar-refractivity contribution in [2.24, 2.45) is 23.5 Å². The van der Waals surface area contributed by atoms with E-state index in [1.54, 1.807) is 81.5 Å². The van der Waals surface area contributed by atoms with Gasteiger partial charge in [0.25, 0.3) is 0 Å². The third-order valence-electron chi connectivity index (χ3n) is 12.1. The summed E-state index contributed by atoms with van der Waals surface area (Å²) in [7, 11) is 0. The van der Waals surface area contributed by atoms with Gasteiger partial charge < -0.3 is 86.0 Å². The first-order valence-corrected chi connectivity index (χ1v) is 22.5. The predicted molar refractivity (Wildman–Crippen MR) is 238 cm³/mol. The molecule has 370 valence electrons. The maximum Gasteiger partial charge on any atom is 0.308 e. The van der Waals surface area contributed by atoms with Gasteiger partial charge in [-0.1, -0.05) is 98.9 Å². The Labute approximate surface area is 381 Å². The molecule has 65 heavy (non-hydrogen) atoms. The highest BCUT2D eigenvalue weighted by atomic mass is 16.7. The van der Waals surface area contributed by atoms with Crippen LogP contribution in [-0.4, -0.2) is 171 Å². The maximum atomic E-state index is 12.6. The lowest BCUT2D eigenvalue weighted by molar-refractivity contribution is -0.327. The minimum atomic E-state index is -2.28. The minimum absolute atomic E-state index is 0.0989. The number of fused-ring (bicyclic) bond motifs is 2. The Morgan fingerprint density at radius 3 is 1.80 bits per heavy atom. The first kappa shape index (κ1) is 56.3. The molecule has 0 spiro atoms. The molecule has 3 aliphatic rings. The summed E-state index contributed by atoms with van der Waals surface area (Å²) in [5, 5.41) is 129. The molecule has 0 aromatic carbocycles. The zero-order chi connectivity index (χ0) is 48.4. The van der Waals surface area contributed by atoms with Gasteiger partial charge in [-0.05, 0) is 33.1 Å². The van der Waals surface area contributed by atoms with Crippen LogP contribution in [0.1, 0.15) is 79.1 Å². The summed E-state index contributed by atoms with van der Waals surface area (Å²) >= 11 is 0. The summed E-state index contributed by atoms with van der Waals surface area (Å²) in [6.07, 6.45) is 2.04. The van der Waals surface area contributed by atoms with E-state index in [1.807, 2.05) is 31.2 Å². The number of aliphatic hydroxyl groups is 12. The number of allylic oxidation sites excluding steroid dienone is 12. The number of carbonyl (C=O) groups is 1. The van der Waals surface area contributed by atoms with Gasteiger partial charge in [0.05, 0.1) is 85.5 Å². The highest BCUT2D eigenvalue weighted by Crippen LogP contribution is 2.39. The van der Waals surface area contributed by atoms with Crippen LogP contribution in [-0.2, 0) is 23.7 Å². The van der Waals surface area contributed by atoms with Gasteiger partial charge in [0.15, 0.2) is 18.4 Å². The Balaban J connectivity index is 1.86. The number of esters is 1. The van der Waals surface area contributed by atoms with Crippen LogP contribution in [0, 0.1) is 17.8 Å². The molecule has 14 N–H and O–H groups in total. The van der Waals surface area contributed by atoms with Crippen molar-refractivity contribution in [1.29, 1.82) is 0 Å². The number of nitrogens with two attached hydrogens (primary N) is 1. The highest BCUT2D eigenvalue weighted by Gasteiger charge is 2.50. The lowest BCUT2D eigenvalue weighted by atomic mass is 9.82. The lowest BCUT2D eigenvalue weighted by Crippen LogP contribution is -2.61. The molecule has 0 aromatic heterocycles. The number of rotatable bonds is 3. The molecule has 2 saturated heterocycles. The van der Waals surface area contributed by atoms with Gasteiger partial charge in [-0.15, -0.1) is 0 Å². The molecular weight excluding hydrogens is 851 g/mol. The van der Waals surface area contributed by atoms with Crippen molar-refractivity contribution in [2.45, 2.75) is 183 Å². The molecule has 2 bridgehead atoms. The van der Waals surface area contributed by atoms with Crippen molar-refractivity contribution in [3.63, 3.8) is 0 Å². The van der Waals surface area contributed by atoms with Gasteiger partial charge in [-0.2, -0.15) is 0 Å². The first-order chi connectivity index (χ1) is 30.6. The van der Waals surface area contributed by atoms with Crippen LogP contribution in [0.4, 0.5) is 0 Å². The largest absolute Gasteiger partial charge is 0.462 e. The Morgan fingerprint density at radius 2 is 1.22 bits per heavy atom. The second-order valence-electron chi connectivity index (χ2n) is 17.7. The molecule has 18 nitrogen and oxygen atoms in total. The quantitative estimate of drug-likeness (QED) is 0.130. The number of hydrogen-bond acceptors (Lipinski definition) is 18. The molecule has 0 aromatic rings. The molecule has 0 amide bonds. The van der Waals surface area contributed by atoms with Crippen LogP contribution < -0.4 is 5.73 Å². The van der Waals surface area contributed by atoms with Crippen LogP contribution >= 0.6 is 0 Å². The normalized spacial score (nSPS) is 45.7. The van der Waals surface area contributed by atoms with Gasteiger partial charge in [0, 0.05) is 37.5 Å². The average Bonchev–Trinajstić information content (AvgIpc) is 3.21. The predicted octanol–water partition coefficient (Wildman–Crippen LogP) is -0.0622. The van der Waals surface area contributed by atoms with E-state index in [2.05, 4.69) is 0 Å². The first-order valence-electron chi connectivity index (χ1n) is 22.5. The SMILES string of the molecule is C[C@@H]1OC(=O)CC(O)CC(O)CCC(O)C(O)CC(O)CC2(O)C[C@H](O)C(C(O)O)[C@H](CC(OC3O[C@H](C)C(O)[C@H](N)[C@@H]3O)/C=C/C=C/C=C/C=C/C=C/C=C/C=C/[C@H](C)C(O)[C@H]1C)O2. The smallest absolute Gasteiger partial charge is 0.308 e. The number of ether oxygens (including phenoxy) is 4. The van der Waals surface area contributed by atoms with Gasteiger partial charge in [0.1, 0.15) is 12.2 Å². The van der Waals surface area contributed by atoms with E-state index in [0.29, 0.717) is 0 Å². The van der Waals surface area contributed by atoms with Crippen molar-refractivity contribution in [3.05, 3.63) is 85.1 Å². The molecule has 2 fully saturated rings. The molecule has 3 heterocycles.